The Morgan fingerprint density at radius 1 is 1.38 bits per heavy atom. The molecule has 0 aliphatic rings. The van der Waals surface area contributed by atoms with Gasteiger partial charge in [-0.25, -0.2) is 4.79 Å². The molecule has 0 fully saturated rings. The van der Waals surface area contributed by atoms with E-state index in [1.54, 1.807) is 0 Å². The minimum Gasteiger partial charge on any atom is -0.464 e. The van der Waals surface area contributed by atoms with E-state index in [-0.39, 0.29) is 11.9 Å². The third-order valence-electron chi connectivity index (χ3n) is 1.73. The third kappa shape index (κ3) is 5.68. The summed E-state index contributed by atoms with van der Waals surface area (Å²) in [4.78, 5) is 22.0. The molecule has 0 aromatic heterocycles. The van der Waals surface area contributed by atoms with E-state index in [1.165, 1.54) is 33.9 Å². The van der Waals surface area contributed by atoms with Crippen LogP contribution in [0.4, 0.5) is 0 Å². The molecule has 0 aromatic rings. The molecule has 0 aliphatic carbocycles. The van der Waals surface area contributed by atoms with E-state index in [4.69, 9.17) is 4.52 Å². The summed E-state index contributed by atoms with van der Waals surface area (Å²) in [6.45, 7) is 2.70. The Morgan fingerprint density at radius 2 is 1.94 bits per heavy atom. The van der Waals surface area contributed by atoms with Crippen molar-refractivity contribution in [1.82, 2.24) is 5.32 Å². The van der Waals surface area contributed by atoms with Gasteiger partial charge in [0.2, 0.25) is 13.3 Å². The number of carbonyl (C=O) groups excluding carboxylic acids is 2. The van der Waals surface area contributed by atoms with Gasteiger partial charge in [-0.05, 0) is 6.08 Å². The Labute approximate surface area is 94.4 Å². The molecule has 92 valence electrons. The molecule has 0 rings (SSSR count). The Hall–Kier alpha value is -1.13. The highest BCUT2D eigenvalue weighted by atomic mass is 31.2. The lowest BCUT2D eigenvalue weighted by Gasteiger charge is -2.09. The van der Waals surface area contributed by atoms with Crippen molar-refractivity contribution in [2.75, 3.05) is 27.0 Å². The molecule has 0 heterocycles. The van der Waals surface area contributed by atoms with Gasteiger partial charge in [0, 0.05) is 26.9 Å². The number of hydrogen-bond acceptors (Lipinski definition) is 5. The van der Waals surface area contributed by atoms with E-state index in [1.807, 2.05) is 0 Å². The second-order valence-corrected chi connectivity index (χ2v) is 5.93. The Bertz CT molecular complexity index is 350. The molecule has 0 aromatic carbocycles. The van der Waals surface area contributed by atoms with E-state index in [2.05, 4.69) is 10.1 Å². The fourth-order valence-corrected chi connectivity index (χ4v) is 1.48. The summed E-state index contributed by atoms with van der Waals surface area (Å²) >= 11 is 0. The molecule has 16 heavy (non-hydrogen) atoms. The standard InChI is InChI=1S/C9H16NO5P/c1-7(11)10-8(9(12)14-2)5-6-16(4,13)15-3/h5H,6H2,1-4H3,(H,10,11). The van der Waals surface area contributed by atoms with Crippen LogP contribution in [0.2, 0.25) is 0 Å². The second kappa shape index (κ2) is 6.45. The Morgan fingerprint density at radius 3 is 2.31 bits per heavy atom. The molecule has 1 atom stereocenters. The van der Waals surface area contributed by atoms with Crippen molar-refractivity contribution in [1.29, 1.82) is 0 Å². The van der Waals surface area contributed by atoms with E-state index >= 15 is 0 Å². The second-order valence-electron chi connectivity index (χ2n) is 3.17. The van der Waals surface area contributed by atoms with Gasteiger partial charge in [0.1, 0.15) is 5.70 Å². The Balaban J connectivity index is 4.76. The lowest BCUT2D eigenvalue weighted by Crippen LogP contribution is -2.26. The van der Waals surface area contributed by atoms with Gasteiger partial charge in [-0.1, -0.05) is 0 Å². The van der Waals surface area contributed by atoms with Gasteiger partial charge < -0.3 is 14.6 Å². The van der Waals surface area contributed by atoms with Crippen molar-refractivity contribution in [3.05, 3.63) is 11.8 Å². The number of amides is 1. The third-order valence-corrected chi connectivity index (χ3v) is 3.35. The number of allylic oxidation sites excluding steroid dienone is 1. The molecule has 6 nitrogen and oxygen atoms in total. The van der Waals surface area contributed by atoms with Crippen molar-refractivity contribution < 1.29 is 23.4 Å². The van der Waals surface area contributed by atoms with Crippen LogP contribution in [0.15, 0.2) is 11.8 Å². The Kier molecular flexibility index (Phi) is 6.00. The van der Waals surface area contributed by atoms with Crippen LogP contribution in [0.25, 0.3) is 0 Å². The van der Waals surface area contributed by atoms with Crippen LogP contribution in [0.1, 0.15) is 6.92 Å². The first kappa shape index (κ1) is 14.9. The summed E-state index contributed by atoms with van der Waals surface area (Å²) in [5.74, 6) is -1.09. The van der Waals surface area contributed by atoms with E-state index in [9.17, 15) is 14.2 Å². The topological polar surface area (TPSA) is 81.7 Å². The van der Waals surface area contributed by atoms with Crippen molar-refractivity contribution in [2.24, 2.45) is 0 Å². The molecule has 7 heteroatoms. The van der Waals surface area contributed by atoms with Crippen molar-refractivity contribution >= 4 is 19.2 Å². The normalized spacial score (nSPS) is 15.1. The van der Waals surface area contributed by atoms with E-state index in [0.717, 1.165) is 0 Å². The summed E-state index contributed by atoms with van der Waals surface area (Å²) in [5, 5.41) is 2.30. The lowest BCUT2D eigenvalue weighted by atomic mass is 10.4. The van der Waals surface area contributed by atoms with Gasteiger partial charge in [0.15, 0.2) is 0 Å². The first-order chi connectivity index (χ1) is 7.32. The molecule has 1 unspecified atom stereocenters. The lowest BCUT2D eigenvalue weighted by molar-refractivity contribution is -0.137. The number of methoxy groups -OCH3 is 1. The summed E-state index contributed by atoms with van der Waals surface area (Å²) in [6, 6.07) is 0. The predicted octanol–water partition coefficient (Wildman–Crippen LogP) is 0.734. The van der Waals surface area contributed by atoms with Gasteiger partial charge in [-0.2, -0.15) is 0 Å². The van der Waals surface area contributed by atoms with Gasteiger partial charge in [0.05, 0.1) is 7.11 Å². The van der Waals surface area contributed by atoms with Crippen LogP contribution in [0.5, 0.6) is 0 Å². The average Bonchev–Trinajstić information content (AvgIpc) is 2.22. The van der Waals surface area contributed by atoms with Crippen molar-refractivity contribution in [3.8, 4) is 0 Å². The first-order valence-corrected chi connectivity index (χ1v) is 6.76. The quantitative estimate of drug-likeness (QED) is 0.441. The highest BCUT2D eigenvalue weighted by Crippen LogP contribution is 2.41. The fourth-order valence-electron chi connectivity index (χ4n) is 0.817. The SMILES string of the molecule is COC(=O)C(=CCP(C)(=O)OC)NC(C)=O. The summed E-state index contributed by atoms with van der Waals surface area (Å²) in [6.07, 6.45) is 1.38. The maximum atomic E-state index is 11.6. The number of esters is 1. The number of ether oxygens (including phenoxy) is 1. The van der Waals surface area contributed by atoms with E-state index < -0.39 is 19.2 Å². The van der Waals surface area contributed by atoms with Crippen LogP contribution >= 0.6 is 7.37 Å². The summed E-state index contributed by atoms with van der Waals surface area (Å²) in [7, 11) is -0.238. The molecule has 0 spiro atoms. The molecule has 1 amide bonds. The molecule has 0 saturated heterocycles. The number of carbonyl (C=O) groups is 2. The zero-order chi connectivity index (χ0) is 12.8. The first-order valence-electron chi connectivity index (χ1n) is 4.50. The van der Waals surface area contributed by atoms with Crippen LogP contribution < -0.4 is 5.32 Å². The minimum absolute atomic E-state index is 0.0332. The molecule has 0 aliphatic heterocycles. The highest BCUT2D eigenvalue weighted by molar-refractivity contribution is 7.58. The van der Waals surface area contributed by atoms with Crippen LogP contribution in [-0.4, -0.2) is 38.9 Å². The van der Waals surface area contributed by atoms with Crippen LogP contribution in [-0.2, 0) is 23.4 Å². The number of hydrogen-bond donors (Lipinski definition) is 1. The van der Waals surface area contributed by atoms with Crippen molar-refractivity contribution in [3.63, 3.8) is 0 Å². The molecular formula is C9H16NO5P. The molecule has 0 radical (unpaired) electrons. The smallest absolute Gasteiger partial charge is 0.354 e. The average molecular weight is 249 g/mol. The van der Waals surface area contributed by atoms with E-state index in [0.29, 0.717) is 0 Å². The highest BCUT2D eigenvalue weighted by Gasteiger charge is 2.16. The maximum absolute atomic E-state index is 11.6. The molecule has 0 bridgehead atoms. The zero-order valence-corrected chi connectivity index (χ0v) is 10.7. The van der Waals surface area contributed by atoms with Gasteiger partial charge >= 0.3 is 5.97 Å². The number of nitrogens with one attached hydrogen (secondary N) is 1. The number of rotatable bonds is 5. The maximum Gasteiger partial charge on any atom is 0.354 e. The molecular weight excluding hydrogens is 233 g/mol. The monoisotopic (exact) mass is 249 g/mol. The molecule has 0 saturated carbocycles. The van der Waals surface area contributed by atoms with Gasteiger partial charge in [-0.3, -0.25) is 9.36 Å². The molecule has 1 N–H and O–H groups in total. The largest absolute Gasteiger partial charge is 0.464 e. The summed E-state index contributed by atoms with van der Waals surface area (Å²) in [5.41, 5.74) is -0.0332. The predicted molar refractivity (Wildman–Crippen MR) is 59.3 cm³/mol. The zero-order valence-electron chi connectivity index (χ0n) is 9.77. The van der Waals surface area contributed by atoms with Crippen LogP contribution in [0.3, 0.4) is 0 Å². The van der Waals surface area contributed by atoms with Gasteiger partial charge in [-0.15, -0.1) is 0 Å². The fraction of sp³-hybridized carbons (Fsp3) is 0.556. The van der Waals surface area contributed by atoms with Gasteiger partial charge in [0.25, 0.3) is 0 Å². The summed E-state index contributed by atoms with van der Waals surface area (Å²) < 4.78 is 20.8. The van der Waals surface area contributed by atoms with Crippen LogP contribution in [0, 0.1) is 0 Å². The van der Waals surface area contributed by atoms with Crippen molar-refractivity contribution in [2.45, 2.75) is 6.92 Å². The minimum atomic E-state index is -2.76.